The van der Waals surface area contributed by atoms with Gasteiger partial charge in [0.2, 0.25) is 0 Å². The van der Waals surface area contributed by atoms with Gasteiger partial charge in [-0.05, 0) is 68.3 Å². The van der Waals surface area contributed by atoms with Crippen LogP contribution in [0.15, 0.2) is 90.5 Å². The second-order valence-corrected chi connectivity index (χ2v) is 13.9. The molecule has 2 saturated heterocycles. The molecule has 2 aliphatic rings. The van der Waals surface area contributed by atoms with Crippen molar-refractivity contribution < 1.29 is 13.5 Å². The lowest BCUT2D eigenvalue weighted by molar-refractivity contribution is -0.0197. The Bertz CT molecular complexity index is 1890. The van der Waals surface area contributed by atoms with Crippen LogP contribution in [-0.2, 0) is 22.6 Å². The standard InChI is InChI=1S/C35H38F2N8O2S/c1-25(2)45-34(46)44(24-40-45)30-10-8-29(9-11-30)42-15-13-41(14-16-42)28-6-3-26(4-7-28)20-48-31-18-35(47-19-31,21-43-23-38-22-39-43)32-12-5-27(36)17-33(32)37/h3-12,17,22-25,31H,13-16,18-21H2,1-2H3. The molecule has 250 valence electrons. The molecule has 0 N–H and O–H groups in total. The summed E-state index contributed by atoms with van der Waals surface area (Å²) >= 11 is 1.79. The first-order valence-electron chi connectivity index (χ1n) is 16.2. The first-order chi connectivity index (χ1) is 23.3. The van der Waals surface area contributed by atoms with Crippen LogP contribution in [-0.4, -0.2) is 67.1 Å². The Morgan fingerprint density at radius 1 is 0.896 bits per heavy atom. The zero-order valence-electron chi connectivity index (χ0n) is 27.0. The first-order valence-corrected chi connectivity index (χ1v) is 17.2. The van der Waals surface area contributed by atoms with Crippen molar-refractivity contribution in [3.63, 3.8) is 0 Å². The molecule has 2 fully saturated rings. The molecular weight excluding hydrogens is 635 g/mol. The fourth-order valence-electron chi connectivity index (χ4n) is 6.57. The molecule has 0 aliphatic carbocycles. The van der Waals surface area contributed by atoms with Gasteiger partial charge in [-0.2, -0.15) is 22.0 Å². The predicted molar refractivity (Wildman–Crippen MR) is 183 cm³/mol. The van der Waals surface area contributed by atoms with Crippen LogP contribution in [0.3, 0.4) is 0 Å². The van der Waals surface area contributed by atoms with Crippen LogP contribution >= 0.6 is 11.8 Å². The summed E-state index contributed by atoms with van der Waals surface area (Å²) in [5.41, 5.74) is 3.61. The molecule has 4 heterocycles. The van der Waals surface area contributed by atoms with Crippen LogP contribution in [0.2, 0.25) is 0 Å². The molecule has 0 saturated carbocycles. The van der Waals surface area contributed by atoms with Gasteiger partial charge >= 0.3 is 5.69 Å². The zero-order chi connectivity index (χ0) is 33.3. The van der Waals surface area contributed by atoms with E-state index in [1.165, 1.54) is 34.4 Å². The molecule has 0 spiro atoms. The molecule has 13 heteroatoms. The number of piperazine rings is 1. The number of ether oxygens (including phenoxy) is 1. The quantitative estimate of drug-likeness (QED) is 0.194. The Morgan fingerprint density at radius 3 is 2.17 bits per heavy atom. The third kappa shape index (κ3) is 6.61. The van der Waals surface area contributed by atoms with Crippen molar-refractivity contribution in [2.24, 2.45) is 0 Å². The van der Waals surface area contributed by atoms with E-state index in [9.17, 15) is 13.6 Å². The van der Waals surface area contributed by atoms with Crippen LogP contribution in [0, 0.1) is 11.6 Å². The molecule has 7 rings (SSSR count). The number of thioether (sulfide) groups is 1. The zero-order valence-corrected chi connectivity index (χ0v) is 27.8. The fraction of sp³-hybridized carbons (Fsp3) is 0.371. The number of aromatic nitrogens is 6. The maximum Gasteiger partial charge on any atom is 0.350 e. The van der Waals surface area contributed by atoms with Crippen molar-refractivity contribution in [3.05, 3.63) is 119 Å². The van der Waals surface area contributed by atoms with Gasteiger partial charge in [-0.25, -0.2) is 32.5 Å². The third-order valence-electron chi connectivity index (χ3n) is 9.15. The van der Waals surface area contributed by atoms with Gasteiger partial charge in [0.05, 0.1) is 24.9 Å². The van der Waals surface area contributed by atoms with Crippen LogP contribution < -0.4 is 15.5 Å². The van der Waals surface area contributed by atoms with E-state index in [-0.39, 0.29) is 17.0 Å². The van der Waals surface area contributed by atoms with E-state index in [0.717, 1.165) is 49.4 Å². The molecule has 3 aromatic carbocycles. The number of nitrogens with zero attached hydrogens (tertiary/aromatic N) is 8. The SMILES string of the molecule is CC(C)n1ncn(-c2ccc(N3CCN(c4ccc(CSC5COC(Cn6cncn6)(c6ccc(F)cc6F)C5)cc4)CC3)cc2)c1=O. The second kappa shape index (κ2) is 13.6. The minimum atomic E-state index is -0.950. The minimum Gasteiger partial charge on any atom is -0.368 e. The minimum absolute atomic E-state index is 0.0119. The maximum atomic E-state index is 15.0. The lowest BCUT2D eigenvalue weighted by Gasteiger charge is -2.37. The number of rotatable bonds is 10. The summed E-state index contributed by atoms with van der Waals surface area (Å²) in [6.07, 6.45) is 5.18. The summed E-state index contributed by atoms with van der Waals surface area (Å²) in [5.74, 6) is -0.425. The highest BCUT2D eigenvalue weighted by Crippen LogP contribution is 2.43. The van der Waals surface area contributed by atoms with E-state index in [4.69, 9.17) is 4.74 Å². The highest BCUT2D eigenvalue weighted by atomic mass is 32.2. The fourth-order valence-corrected chi connectivity index (χ4v) is 7.75. The van der Waals surface area contributed by atoms with Gasteiger partial charge in [-0.1, -0.05) is 18.2 Å². The van der Waals surface area contributed by atoms with Gasteiger partial charge < -0.3 is 14.5 Å². The Kier molecular flexibility index (Phi) is 9.06. The molecule has 2 atom stereocenters. The normalized spacial score (nSPS) is 19.8. The van der Waals surface area contributed by atoms with E-state index >= 15 is 0 Å². The molecule has 2 aromatic heterocycles. The molecule has 2 aliphatic heterocycles. The predicted octanol–water partition coefficient (Wildman–Crippen LogP) is 5.43. The van der Waals surface area contributed by atoms with Crippen molar-refractivity contribution in [1.29, 1.82) is 0 Å². The summed E-state index contributed by atoms with van der Waals surface area (Å²) in [6, 6.07) is 20.5. The van der Waals surface area contributed by atoms with Crippen LogP contribution in [0.1, 0.15) is 37.4 Å². The van der Waals surface area contributed by atoms with Crippen LogP contribution in [0.25, 0.3) is 5.69 Å². The third-order valence-corrected chi connectivity index (χ3v) is 10.4. The van der Waals surface area contributed by atoms with Gasteiger partial charge in [0.15, 0.2) is 0 Å². The molecule has 0 bridgehead atoms. The second-order valence-electron chi connectivity index (χ2n) is 12.6. The Balaban J connectivity index is 0.929. The lowest BCUT2D eigenvalue weighted by atomic mass is 9.90. The summed E-state index contributed by atoms with van der Waals surface area (Å²) in [6.45, 7) is 8.25. The molecule has 0 radical (unpaired) electrons. The summed E-state index contributed by atoms with van der Waals surface area (Å²) in [4.78, 5) is 21.4. The lowest BCUT2D eigenvalue weighted by Crippen LogP contribution is -2.46. The van der Waals surface area contributed by atoms with E-state index < -0.39 is 17.2 Å². The van der Waals surface area contributed by atoms with E-state index in [2.05, 4.69) is 61.4 Å². The highest BCUT2D eigenvalue weighted by molar-refractivity contribution is 7.99. The smallest absolute Gasteiger partial charge is 0.350 e. The van der Waals surface area contributed by atoms with Crippen molar-refractivity contribution in [2.75, 3.05) is 42.6 Å². The number of hydrogen-bond acceptors (Lipinski definition) is 8. The van der Waals surface area contributed by atoms with Gasteiger partial charge in [0.25, 0.3) is 0 Å². The van der Waals surface area contributed by atoms with E-state index in [1.54, 1.807) is 33.7 Å². The largest absolute Gasteiger partial charge is 0.368 e. The molecule has 48 heavy (non-hydrogen) atoms. The summed E-state index contributed by atoms with van der Waals surface area (Å²) in [7, 11) is 0. The average Bonchev–Trinajstić information content (AvgIpc) is 3.85. The molecule has 10 nitrogen and oxygen atoms in total. The number of anilines is 2. The van der Waals surface area contributed by atoms with E-state index in [0.29, 0.717) is 25.1 Å². The highest BCUT2D eigenvalue weighted by Gasteiger charge is 2.44. The van der Waals surface area contributed by atoms with Gasteiger partial charge in [0.1, 0.15) is 36.2 Å². The topological polar surface area (TPSA) is 86.2 Å². The number of hydrogen-bond donors (Lipinski definition) is 0. The molecular formula is C35H38F2N8O2S. The molecule has 2 unspecified atom stereocenters. The maximum absolute atomic E-state index is 15.0. The number of benzene rings is 3. The summed E-state index contributed by atoms with van der Waals surface area (Å²) in [5, 5.41) is 8.57. The van der Waals surface area contributed by atoms with Crippen molar-refractivity contribution in [2.45, 2.75) is 49.5 Å². The average molecular weight is 673 g/mol. The van der Waals surface area contributed by atoms with Crippen molar-refractivity contribution in [3.8, 4) is 5.69 Å². The van der Waals surface area contributed by atoms with Crippen LogP contribution in [0.5, 0.6) is 0 Å². The molecule has 0 amide bonds. The monoisotopic (exact) mass is 672 g/mol. The van der Waals surface area contributed by atoms with Crippen molar-refractivity contribution >= 4 is 23.1 Å². The van der Waals surface area contributed by atoms with Crippen molar-refractivity contribution in [1.82, 2.24) is 29.1 Å². The van der Waals surface area contributed by atoms with Crippen LogP contribution in [0.4, 0.5) is 20.2 Å². The van der Waals surface area contributed by atoms with E-state index in [1.807, 2.05) is 26.0 Å². The number of halogens is 2. The molecule has 5 aromatic rings. The summed E-state index contributed by atoms with van der Waals surface area (Å²) < 4.78 is 39.7. The first kappa shape index (κ1) is 32.1. The van der Waals surface area contributed by atoms with Gasteiger partial charge in [-0.3, -0.25) is 0 Å². The van der Waals surface area contributed by atoms with Gasteiger partial charge in [-0.15, -0.1) is 0 Å². The Labute approximate surface area is 282 Å². The Morgan fingerprint density at radius 2 is 1.56 bits per heavy atom. The van der Waals surface area contributed by atoms with Gasteiger partial charge in [0, 0.05) is 60.2 Å². The Hall–Kier alpha value is -4.49.